The van der Waals surface area contributed by atoms with Crippen LogP contribution in [0.25, 0.3) is 10.9 Å². The maximum atomic E-state index is 6.26. The van der Waals surface area contributed by atoms with Gasteiger partial charge in [0, 0.05) is 23.5 Å². The van der Waals surface area contributed by atoms with Gasteiger partial charge in [-0.25, -0.2) is 0 Å². The van der Waals surface area contributed by atoms with Gasteiger partial charge in [0.25, 0.3) is 0 Å². The van der Waals surface area contributed by atoms with Gasteiger partial charge in [-0.3, -0.25) is 4.98 Å². The molecular formula is C17H14Cl2N2. The Morgan fingerprint density at radius 2 is 1.76 bits per heavy atom. The highest BCUT2D eigenvalue weighted by molar-refractivity contribution is 6.42. The second kappa shape index (κ2) is 6.02. The van der Waals surface area contributed by atoms with Crippen molar-refractivity contribution in [1.82, 2.24) is 4.98 Å². The van der Waals surface area contributed by atoms with Gasteiger partial charge in [-0.1, -0.05) is 59.6 Å². The maximum absolute atomic E-state index is 6.26. The number of para-hydroxylation sites is 1. The van der Waals surface area contributed by atoms with Gasteiger partial charge in [0.1, 0.15) is 0 Å². The maximum Gasteiger partial charge on any atom is 0.0705 e. The van der Waals surface area contributed by atoms with Gasteiger partial charge in [-0.05, 0) is 23.8 Å². The van der Waals surface area contributed by atoms with Crippen LogP contribution < -0.4 is 5.73 Å². The van der Waals surface area contributed by atoms with Crippen LogP contribution in [0, 0.1) is 0 Å². The van der Waals surface area contributed by atoms with E-state index in [4.69, 9.17) is 28.9 Å². The van der Waals surface area contributed by atoms with Crippen molar-refractivity contribution in [1.29, 1.82) is 0 Å². The molecule has 2 N–H and O–H groups in total. The molecule has 106 valence electrons. The number of fused-ring (bicyclic) bond motifs is 1. The quantitative estimate of drug-likeness (QED) is 0.755. The zero-order valence-electron chi connectivity index (χ0n) is 11.3. The molecule has 1 aromatic heterocycles. The van der Waals surface area contributed by atoms with Crippen LogP contribution in [0.3, 0.4) is 0 Å². The lowest BCUT2D eigenvalue weighted by atomic mass is 10.0. The standard InChI is InChI=1S/C17H14Cl2N2/c18-14-6-3-5-13(17(14)19)15(20)10-12-9-8-11-4-1-2-7-16(11)21-12/h1-9,15H,10,20H2. The molecule has 0 radical (unpaired) electrons. The molecule has 2 nitrogen and oxygen atoms in total. The third kappa shape index (κ3) is 3.03. The zero-order valence-corrected chi connectivity index (χ0v) is 12.8. The van der Waals surface area contributed by atoms with Gasteiger partial charge in [-0.15, -0.1) is 0 Å². The molecule has 1 heterocycles. The Bertz CT molecular complexity index is 787. The van der Waals surface area contributed by atoms with Crippen molar-refractivity contribution in [2.75, 3.05) is 0 Å². The summed E-state index contributed by atoms with van der Waals surface area (Å²) in [5.74, 6) is 0. The van der Waals surface area contributed by atoms with E-state index in [0.717, 1.165) is 22.2 Å². The van der Waals surface area contributed by atoms with Crippen molar-refractivity contribution >= 4 is 34.1 Å². The van der Waals surface area contributed by atoms with E-state index in [1.165, 1.54) is 0 Å². The van der Waals surface area contributed by atoms with Crippen molar-refractivity contribution in [3.63, 3.8) is 0 Å². The molecule has 2 aromatic carbocycles. The van der Waals surface area contributed by atoms with Crippen molar-refractivity contribution in [2.45, 2.75) is 12.5 Å². The molecule has 0 saturated carbocycles. The molecule has 3 aromatic rings. The fraction of sp³-hybridized carbons (Fsp3) is 0.118. The topological polar surface area (TPSA) is 38.9 Å². The van der Waals surface area contributed by atoms with E-state index < -0.39 is 0 Å². The minimum Gasteiger partial charge on any atom is -0.324 e. The second-order valence-electron chi connectivity index (χ2n) is 4.95. The van der Waals surface area contributed by atoms with Crippen molar-refractivity contribution in [3.05, 3.63) is 75.9 Å². The van der Waals surface area contributed by atoms with Gasteiger partial charge < -0.3 is 5.73 Å². The number of rotatable bonds is 3. The molecule has 0 fully saturated rings. The van der Waals surface area contributed by atoms with Crippen LogP contribution in [-0.2, 0) is 6.42 Å². The minimum absolute atomic E-state index is 0.232. The molecule has 0 aliphatic rings. The number of nitrogens with zero attached hydrogens (tertiary/aromatic N) is 1. The first kappa shape index (κ1) is 14.3. The second-order valence-corrected chi connectivity index (χ2v) is 5.73. The zero-order chi connectivity index (χ0) is 14.8. The number of benzene rings is 2. The lowest BCUT2D eigenvalue weighted by molar-refractivity contribution is 0.709. The minimum atomic E-state index is -0.232. The van der Waals surface area contributed by atoms with E-state index in [1.54, 1.807) is 6.07 Å². The Hall–Kier alpha value is -1.61. The molecule has 0 bridgehead atoms. The highest BCUT2D eigenvalue weighted by atomic mass is 35.5. The molecule has 21 heavy (non-hydrogen) atoms. The average Bonchev–Trinajstić information content (AvgIpc) is 2.50. The Morgan fingerprint density at radius 3 is 2.62 bits per heavy atom. The molecule has 1 atom stereocenters. The Labute approximate surface area is 133 Å². The molecule has 3 rings (SSSR count). The molecule has 0 saturated heterocycles. The first-order valence-electron chi connectivity index (χ1n) is 6.69. The summed E-state index contributed by atoms with van der Waals surface area (Å²) in [6, 6.07) is 17.4. The third-order valence-corrected chi connectivity index (χ3v) is 4.30. The smallest absolute Gasteiger partial charge is 0.0705 e. The highest BCUT2D eigenvalue weighted by Gasteiger charge is 2.13. The predicted molar refractivity (Wildman–Crippen MR) is 88.8 cm³/mol. The van der Waals surface area contributed by atoms with Crippen LogP contribution in [0.5, 0.6) is 0 Å². The van der Waals surface area contributed by atoms with Gasteiger partial charge >= 0.3 is 0 Å². The van der Waals surface area contributed by atoms with Gasteiger partial charge in [-0.2, -0.15) is 0 Å². The van der Waals surface area contributed by atoms with Crippen molar-refractivity contribution < 1.29 is 0 Å². The molecule has 1 unspecified atom stereocenters. The van der Waals surface area contributed by atoms with Crippen LogP contribution in [-0.4, -0.2) is 4.98 Å². The van der Waals surface area contributed by atoms with Crippen molar-refractivity contribution in [2.24, 2.45) is 5.73 Å². The normalized spacial score (nSPS) is 12.5. The molecule has 0 aliphatic carbocycles. The van der Waals surface area contributed by atoms with Crippen LogP contribution in [0.2, 0.25) is 10.0 Å². The lowest BCUT2D eigenvalue weighted by Gasteiger charge is -2.14. The Balaban J connectivity index is 1.89. The van der Waals surface area contributed by atoms with E-state index in [2.05, 4.69) is 11.1 Å². The fourth-order valence-corrected chi connectivity index (χ4v) is 2.81. The predicted octanol–water partition coefficient (Wildman–Crippen LogP) is 4.78. The van der Waals surface area contributed by atoms with Gasteiger partial charge in [0.15, 0.2) is 0 Å². The summed E-state index contributed by atoms with van der Waals surface area (Å²) in [6.45, 7) is 0. The molecule has 0 amide bonds. The van der Waals surface area contributed by atoms with Crippen LogP contribution in [0.4, 0.5) is 0 Å². The molecule has 0 aliphatic heterocycles. The van der Waals surface area contributed by atoms with E-state index in [-0.39, 0.29) is 6.04 Å². The number of hydrogen-bond acceptors (Lipinski definition) is 2. The Morgan fingerprint density at radius 1 is 0.952 bits per heavy atom. The van der Waals surface area contributed by atoms with E-state index in [0.29, 0.717) is 16.5 Å². The van der Waals surface area contributed by atoms with Crippen LogP contribution in [0.15, 0.2) is 54.6 Å². The summed E-state index contributed by atoms with van der Waals surface area (Å²) in [6.07, 6.45) is 0.616. The van der Waals surface area contributed by atoms with Crippen molar-refractivity contribution in [3.8, 4) is 0 Å². The molecule has 4 heteroatoms. The summed E-state index contributed by atoms with van der Waals surface area (Å²) in [5, 5.41) is 2.17. The number of halogens is 2. The Kier molecular flexibility index (Phi) is 4.11. The summed E-state index contributed by atoms with van der Waals surface area (Å²) in [5.41, 5.74) is 9.02. The first-order valence-corrected chi connectivity index (χ1v) is 7.45. The van der Waals surface area contributed by atoms with E-state index in [9.17, 15) is 0 Å². The lowest BCUT2D eigenvalue weighted by Crippen LogP contribution is -2.14. The van der Waals surface area contributed by atoms with Gasteiger partial charge in [0.2, 0.25) is 0 Å². The summed E-state index contributed by atoms with van der Waals surface area (Å²) in [7, 11) is 0. The summed E-state index contributed by atoms with van der Waals surface area (Å²) < 4.78 is 0. The number of nitrogens with two attached hydrogens (primary N) is 1. The first-order chi connectivity index (χ1) is 10.1. The third-order valence-electron chi connectivity index (χ3n) is 3.47. The molecule has 0 spiro atoms. The number of aromatic nitrogens is 1. The SMILES string of the molecule is NC(Cc1ccc2ccccc2n1)c1cccc(Cl)c1Cl. The highest BCUT2D eigenvalue weighted by Crippen LogP contribution is 2.30. The van der Waals surface area contributed by atoms with Crippen LogP contribution in [0.1, 0.15) is 17.3 Å². The largest absolute Gasteiger partial charge is 0.324 e. The van der Waals surface area contributed by atoms with E-state index >= 15 is 0 Å². The number of hydrogen-bond donors (Lipinski definition) is 1. The van der Waals surface area contributed by atoms with Gasteiger partial charge in [0.05, 0.1) is 15.6 Å². The summed E-state index contributed by atoms with van der Waals surface area (Å²) >= 11 is 12.3. The molecular weight excluding hydrogens is 303 g/mol. The number of pyridine rings is 1. The van der Waals surface area contributed by atoms with Crippen LogP contribution >= 0.6 is 23.2 Å². The van der Waals surface area contributed by atoms with E-state index in [1.807, 2.05) is 42.5 Å². The summed E-state index contributed by atoms with van der Waals surface area (Å²) in [4.78, 5) is 4.64. The fourth-order valence-electron chi connectivity index (χ4n) is 2.36. The monoisotopic (exact) mass is 316 g/mol. The average molecular weight is 317 g/mol.